The minimum atomic E-state index is 0.465. The van der Waals surface area contributed by atoms with E-state index in [4.69, 9.17) is 0 Å². The van der Waals surface area contributed by atoms with Gasteiger partial charge in [-0.15, -0.1) is 6.58 Å². The molecule has 0 saturated carbocycles. The van der Waals surface area contributed by atoms with Crippen molar-refractivity contribution in [2.24, 2.45) is 5.92 Å². The first-order valence-electron chi connectivity index (χ1n) is 8.64. The van der Waals surface area contributed by atoms with Crippen LogP contribution in [0, 0.1) is 5.92 Å². The molecule has 1 aliphatic rings. The van der Waals surface area contributed by atoms with Crippen molar-refractivity contribution in [3.05, 3.63) is 54.8 Å². The maximum Gasteiger partial charge on any atom is 0.0367 e. The molecule has 126 valence electrons. The Kier molecular flexibility index (Phi) is 6.72. The van der Waals surface area contributed by atoms with Crippen LogP contribution in [-0.2, 0) is 6.42 Å². The highest BCUT2D eigenvalue weighted by atomic mass is 15.2. The summed E-state index contributed by atoms with van der Waals surface area (Å²) < 4.78 is 0. The van der Waals surface area contributed by atoms with E-state index < -0.39 is 0 Å². The average molecular weight is 313 g/mol. The Morgan fingerprint density at radius 3 is 2.43 bits per heavy atom. The fourth-order valence-electron chi connectivity index (χ4n) is 3.11. The van der Waals surface area contributed by atoms with Gasteiger partial charge in [0.25, 0.3) is 0 Å². The van der Waals surface area contributed by atoms with Crippen LogP contribution in [0.4, 0.5) is 5.69 Å². The summed E-state index contributed by atoms with van der Waals surface area (Å²) in [4.78, 5) is 4.87. The molecule has 1 fully saturated rings. The number of nitrogens with zero attached hydrogens (tertiary/aromatic N) is 2. The van der Waals surface area contributed by atoms with Crippen LogP contribution in [0.3, 0.4) is 0 Å². The summed E-state index contributed by atoms with van der Waals surface area (Å²) in [6.45, 7) is 12.5. The maximum atomic E-state index is 4.16. The first kappa shape index (κ1) is 17.6. The van der Waals surface area contributed by atoms with Crippen LogP contribution < -0.4 is 10.2 Å². The molecule has 0 bridgehead atoms. The Morgan fingerprint density at radius 1 is 1.22 bits per heavy atom. The molecule has 0 aromatic heterocycles. The van der Waals surface area contributed by atoms with Gasteiger partial charge in [-0.3, -0.25) is 0 Å². The van der Waals surface area contributed by atoms with E-state index in [1.165, 1.54) is 11.3 Å². The molecule has 0 radical (unpaired) electrons. The van der Waals surface area contributed by atoms with Crippen LogP contribution in [-0.4, -0.2) is 45.2 Å². The fraction of sp³-hybridized carbons (Fsp3) is 0.500. The van der Waals surface area contributed by atoms with Gasteiger partial charge in [0.05, 0.1) is 0 Å². The Balaban J connectivity index is 1.97. The second-order valence-corrected chi connectivity index (χ2v) is 6.50. The van der Waals surface area contributed by atoms with Crippen LogP contribution in [0.15, 0.2) is 49.2 Å². The van der Waals surface area contributed by atoms with E-state index in [9.17, 15) is 0 Å². The molecule has 1 aliphatic heterocycles. The SMILES string of the molecule is C=CCCC(Cc1ccc(N2CCN(C)CC2)cc1)C(=C)NC. The van der Waals surface area contributed by atoms with E-state index in [1.54, 1.807) is 0 Å². The molecule has 1 atom stereocenters. The van der Waals surface area contributed by atoms with Crippen LogP contribution in [0.5, 0.6) is 0 Å². The lowest BCUT2D eigenvalue weighted by atomic mass is 9.92. The summed E-state index contributed by atoms with van der Waals surface area (Å²) in [6.07, 6.45) is 5.16. The predicted molar refractivity (Wildman–Crippen MR) is 101 cm³/mol. The smallest absolute Gasteiger partial charge is 0.0367 e. The van der Waals surface area contributed by atoms with Crippen molar-refractivity contribution in [1.82, 2.24) is 10.2 Å². The molecule has 1 heterocycles. The third-order valence-corrected chi connectivity index (χ3v) is 4.82. The Labute approximate surface area is 141 Å². The first-order valence-corrected chi connectivity index (χ1v) is 8.64. The van der Waals surface area contributed by atoms with Gasteiger partial charge in [0.15, 0.2) is 0 Å². The second kappa shape index (κ2) is 8.78. The highest BCUT2D eigenvalue weighted by Gasteiger charge is 2.15. The van der Waals surface area contributed by atoms with Gasteiger partial charge >= 0.3 is 0 Å². The third kappa shape index (κ3) is 5.14. The minimum absolute atomic E-state index is 0.465. The lowest BCUT2D eigenvalue weighted by molar-refractivity contribution is 0.313. The predicted octanol–water partition coefficient (Wildman–Crippen LogP) is 3.30. The summed E-state index contributed by atoms with van der Waals surface area (Å²) in [5.41, 5.74) is 3.85. The number of nitrogens with one attached hydrogen (secondary N) is 1. The van der Waals surface area contributed by atoms with Crippen molar-refractivity contribution in [1.29, 1.82) is 0 Å². The number of anilines is 1. The van der Waals surface area contributed by atoms with E-state index in [0.29, 0.717) is 5.92 Å². The molecule has 1 aromatic rings. The van der Waals surface area contributed by atoms with Crippen LogP contribution in [0.2, 0.25) is 0 Å². The van der Waals surface area contributed by atoms with Gasteiger partial charge in [0.2, 0.25) is 0 Å². The van der Waals surface area contributed by atoms with Gasteiger partial charge in [-0.2, -0.15) is 0 Å². The number of hydrogen-bond acceptors (Lipinski definition) is 3. The largest absolute Gasteiger partial charge is 0.392 e. The van der Waals surface area contributed by atoms with Crippen molar-refractivity contribution >= 4 is 5.69 Å². The number of hydrogen-bond donors (Lipinski definition) is 1. The summed E-state index contributed by atoms with van der Waals surface area (Å²) >= 11 is 0. The number of allylic oxidation sites excluding steroid dienone is 2. The molecule has 2 rings (SSSR count). The molecule has 1 aromatic carbocycles. The fourth-order valence-corrected chi connectivity index (χ4v) is 3.11. The monoisotopic (exact) mass is 313 g/mol. The lowest BCUT2D eigenvalue weighted by Crippen LogP contribution is -2.44. The summed E-state index contributed by atoms with van der Waals surface area (Å²) in [5.74, 6) is 0.465. The van der Waals surface area contributed by atoms with Gasteiger partial charge in [0, 0.05) is 50.5 Å². The molecule has 1 unspecified atom stereocenters. The number of likely N-dealkylation sites (N-methyl/N-ethyl adjacent to an activating group) is 1. The van der Waals surface area contributed by atoms with E-state index in [0.717, 1.165) is 51.1 Å². The van der Waals surface area contributed by atoms with E-state index in [-0.39, 0.29) is 0 Å². The molecule has 23 heavy (non-hydrogen) atoms. The van der Waals surface area contributed by atoms with Gasteiger partial charge < -0.3 is 15.1 Å². The van der Waals surface area contributed by atoms with Gasteiger partial charge in [-0.1, -0.05) is 24.8 Å². The molecule has 3 heteroatoms. The number of rotatable bonds is 8. The van der Waals surface area contributed by atoms with Crippen molar-refractivity contribution in [3.8, 4) is 0 Å². The Hall–Kier alpha value is -1.74. The van der Waals surface area contributed by atoms with Crippen LogP contribution in [0.1, 0.15) is 18.4 Å². The molecule has 0 amide bonds. The molecule has 0 spiro atoms. The van der Waals surface area contributed by atoms with Crippen molar-refractivity contribution in [3.63, 3.8) is 0 Å². The Morgan fingerprint density at radius 2 is 1.87 bits per heavy atom. The number of benzene rings is 1. The lowest BCUT2D eigenvalue weighted by Gasteiger charge is -2.34. The number of piperazine rings is 1. The van der Waals surface area contributed by atoms with Gasteiger partial charge in [-0.05, 0) is 44.0 Å². The summed E-state index contributed by atoms with van der Waals surface area (Å²) in [7, 11) is 4.15. The third-order valence-electron chi connectivity index (χ3n) is 4.82. The van der Waals surface area contributed by atoms with Crippen LogP contribution in [0.25, 0.3) is 0 Å². The van der Waals surface area contributed by atoms with E-state index in [1.807, 2.05) is 13.1 Å². The van der Waals surface area contributed by atoms with Crippen LogP contribution >= 0.6 is 0 Å². The minimum Gasteiger partial charge on any atom is -0.392 e. The zero-order valence-electron chi connectivity index (χ0n) is 14.7. The molecule has 3 nitrogen and oxygen atoms in total. The Bertz CT molecular complexity index is 498. The normalized spacial score (nSPS) is 16.9. The zero-order valence-corrected chi connectivity index (χ0v) is 14.7. The van der Waals surface area contributed by atoms with E-state index >= 15 is 0 Å². The molecular formula is C20H31N3. The topological polar surface area (TPSA) is 18.5 Å². The molecule has 1 saturated heterocycles. The zero-order chi connectivity index (χ0) is 16.7. The summed E-state index contributed by atoms with van der Waals surface area (Å²) in [5, 5.41) is 3.22. The van der Waals surface area contributed by atoms with Gasteiger partial charge in [-0.25, -0.2) is 0 Å². The molecule has 1 N–H and O–H groups in total. The van der Waals surface area contributed by atoms with Crippen molar-refractivity contribution < 1.29 is 0 Å². The standard InChI is InChI=1S/C20H31N3/c1-5-6-7-19(17(2)21-3)16-18-8-10-20(11-9-18)23-14-12-22(4)13-15-23/h5,8-11,19,21H,1-2,6-7,12-16H2,3-4H3. The highest BCUT2D eigenvalue weighted by Crippen LogP contribution is 2.22. The second-order valence-electron chi connectivity index (χ2n) is 6.50. The first-order chi connectivity index (χ1) is 11.1. The van der Waals surface area contributed by atoms with Crippen molar-refractivity contribution in [2.75, 3.05) is 45.2 Å². The molecule has 0 aliphatic carbocycles. The van der Waals surface area contributed by atoms with Crippen molar-refractivity contribution in [2.45, 2.75) is 19.3 Å². The van der Waals surface area contributed by atoms with Gasteiger partial charge in [0.1, 0.15) is 0 Å². The summed E-state index contributed by atoms with van der Waals surface area (Å²) in [6, 6.07) is 9.09. The molecular weight excluding hydrogens is 282 g/mol. The highest BCUT2D eigenvalue weighted by molar-refractivity contribution is 5.48. The van der Waals surface area contributed by atoms with E-state index in [2.05, 4.69) is 59.6 Å². The average Bonchev–Trinajstić information content (AvgIpc) is 2.59. The quantitative estimate of drug-likeness (QED) is 0.743. The maximum absolute atomic E-state index is 4.16.